The van der Waals surface area contributed by atoms with Crippen LogP contribution in [0.5, 0.6) is 0 Å². The molecule has 3 nitrogen and oxygen atoms in total. The van der Waals surface area contributed by atoms with Crippen molar-refractivity contribution in [2.45, 2.75) is 6.23 Å². The van der Waals surface area contributed by atoms with Crippen molar-refractivity contribution in [3.05, 3.63) is 35.9 Å². The molecule has 13 heavy (non-hydrogen) atoms. The summed E-state index contributed by atoms with van der Waals surface area (Å²) in [5.41, 5.74) is 0.941. The standard InChI is InChI=1S/C10H12NO2/c1-11(2)10(13-8-12)9-6-4-3-5-7-9/h3-7,10H,1-2H3. The molecule has 1 atom stereocenters. The highest BCUT2D eigenvalue weighted by Gasteiger charge is 2.13. The zero-order valence-electron chi connectivity index (χ0n) is 7.73. The molecule has 1 radical (unpaired) electrons. The first-order valence-corrected chi connectivity index (χ1v) is 4.00. The maximum absolute atomic E-state index is 10.1. The zero-order chi connectivity index (χ0) is 9.68. The van der Waals surface area contributed by atoms with E-state index in [0.29, 0.717) is 0 Å². The van der Waals surface area contributed by atoms with Gasteiger partial charge in [0, 0.05) is 5.56 Å². The molecular weight excluding hydrogens is 166 g/mol. The lowest BCUT2D eigenvalue weighted by molar-refractivity contribution is 0.0487. The van der Waals surface area contributed by atoms with Crippen LogP contribution in [-0.4, -0.2) is 25.5 Å². The third kappa shape index (κ3) is 2.56. The predicted molar refractivity (Wildman–Crippen MR) is 49.6 cm³/mol. The molecule has 0 N–H and O–H groups in total. The maximum atomic E-state index is 10.1. The molecule has 0 fully saturated rings. The highest BCUT2D eigenvalue weighted by Crippen LogP contribution is 2.17. The summed E-state index contributed by atoms with van der Waals surface area (Å²) in [5.74, 6) is 0. The van der Waals surface area contributed by atoms with Crippen LogP contribution < -0.4 is 0 Å². The summed E-state index contributed by atoms with van der Waals surface area (Å²) in [4.78, 5) is 11.9. The van der Waals surface area contributed by atoms with E-state index in [1.165, 1.54) is 6.47 Å². The lowest BCUT2D eigenvalue weighted by Crippen LogP contribution is -2.22. The number of carbonyl (C=O) groups excluding carboxylic acids is 1. The van der Waals surface area contributed by atoms with Crippen molar-refractivity contribution in [2.75, 3.05) is 14.1 Å². The Labute approximate surface area is 77.9 Å². The minimum Gasteiger partial charge on any atom is -0.434 e. The van der Waals surface area contributed by atoms with Crippen molar-refractivity contribution in [3.8, 4) is 0 Å². The number of rotatable bonds is 4. The Bertz CT molecular complexity index is 259. The number of benzene rings is 1. The molecule has 0 aliphatic heterocycles. The monoisotopic (exact) mass is 178 g/mol. The normalized spacial score (nSPS) is 12.5. The molecule has 1 unspecified atom stereocenters. The Morgan fingerprint density at radius 3 is 2.38 bits per heavy atom. The molecule has 0 bridgehead atoms. The Kier molecular flexibility index (Phi) is 3.46. The average Bonchev–Trinajstić information content (AvgIpc) is 2.15. The van der Waals surface area contributed by atoms with Gasteiger partial charge in [-0.1, -0.05) is 30.3 Å². The minimum absolute atomic E-state index is 0.348. The van der Waals surface area contributed by atoms with Gasteiger partial charge in [0.05, 0.1) is 0 Å². The fourth-order valence-corrected chi connectivity index (χ4v) is 1.13. The Hall–Kier alpha value is -1.35. The number of nitrogens with zero attached hydrogens (tertiary/aromatic N) is 1. The molecule has 0 aliphatic rings. The first-order valence-electron chi connectivity index (χ1n) is 4.00. The quantitative estimate of drug-likeness (QED) is 0.651. The van der Waals surface area contributed by atoms with E-state index in [4.69, 9.17) is 4.74 Å². The van der Waals surface area contributed by atoms with Gasteiger partial charge >= 0.3 is 6.47 Å². The molecule has 1 rings (SSSR count). The van der Waals surface area contributed by atoms with Gasteiger partial charge in [0.15, 0.2) is 6.23 Å². The Morgan fingerprint density at radius 1 is 1.31 bits per heavy atom. The van der Waals surface area contributed by atoms with E-state index in [0.717, 1.165) is 5.56 Å². The molecule has 0 saturated carbocycles. The van der Waals surface area contributed by atoms with Gasteiger partial charge in [-0.05, 0) is 14.1 Å². The van der Waals surface area contributed by atoms with Crippen LogP contribution in [0.1, 0.15) is 11.8 Å². The predicted octanol–water partition coefficient (Wildman–Crippen LogP) is 1.33. The fourth-order valence-electron chi connectivity index (χ4n) is 1.13. The molecule has 3 heteroatoms. The Morgan fingerprint density at radius 2 is 1.92 bits per heavy atom. The average molecular weight is 178 g/mol. The first-order chi connectivity index (χ1) is 6.25. The van der Waals surface area contributed by atoms with Gasteiger partial charge < -0.3 is 4.74 Å². The van der Waals surface area contributed by atoms with E-state index in [-0.39, 0.29) is 6.23 Å². The molecule has 0 aromatic heterocycles. The van der Waals surface area contributed by atoms with E-state index < -0.39 is 0 Å². The van der Waals surface area contributed by atoms with Gasteiger partial charge in [0.25, 0.3) is 0 Å². The van der Waals surface area contributed by atoms with Crippen LogP contribution in [0.2, 0.25) is 0 Å². The van der Waals surface area contributed by atoms with Gasteiger partial charge in [0.1, 0.15) is 0 Å². The lowest BCUT2D eigenvalue weighted by Gasteiger charge is -2.21. The van der Waals surface area contributed by atoms with Crippen LogP contribution in [-0.2, 0) is 9.53 Å². The largest absolute Gasteiger partial charge is 0.434 e. The van der Waals surface area contributed by atoms with Crippen LogP contribution in [0.3, 0.4) is 0 Å². The molecule has 0 spiro atoms. The molecule has 1 aromatic carbocycles. The summed E-state index contributed by atoms with van der Waals surface area (Å²) in [6.07, 6.45) is -0.348. The summed E-state index contributed by atoms with van der Waals surface area (Å²) in [6.45, 7) is 1.46. The first kappa shape index (κ1) is 9.74. The van der Waals surface area contributed by atoms with Crippen molar-refractivity contribution < 1.29 is 9.53 Å². The number of hydrogen-bond donors (Lipinski definition) is 0. The molecule has 1 aromatic rings. The van der Waals surface area contributed by atoms with E-state index in [9.17, 15) is 4.79 Å². The third-order valence-corrected chi connectivity index (χ3v) is 1.71. The third-order valence-electron chi connectivity index (χ3n) is 1.71. The van der Waals surface area contributed by atoms with Gasteiger partial charge in [-0.25, -0.2) is 4.79 Å². The smallest absolute Gasteiger partial charge is 0.419 e. The van der Waals surface area contributed by atoms with Gasteiger partial charge in [-0.15, -0.1) is 0 Å². The fraction of sp³-hybridized carbons (Fsp3) is 0.300. The molecular formula is C10H12NO2. The van der Waals surface area contributed by atoms with Crippen LogP contribution in [0, 0.1) is 0 Å². The second-order valence-corrected chi connectivity index (χ2v) is 2.93. The molecule has 69 valence electrons. The molecule has 0 amide bonds. The Balaban J connectivity index is 2.82. The summed E-state index contributed by atoms with van der Waals surface area (Å²) in [7, 11) is 3.68. The lowest BCUT2D eigenvalue weighted by atomic mass is 10.2. The van der Waals surface area contributed by atoms with Crippen molar-refractivity contribution in [3.63, 3.8) is 0 Å². The number of hydrogen-bond acceptors (Lipinski definition) is 3. The van der Waals surface area contributed by atoms with Crippen LogP contribution in [0.15, 0.2) is 30.3 Å². The molecule has 0 saturated heterocycles. The minimum atomic E-state index is -0.348. The van der Waals surface area contributed by atoms with Crippen LogP contribution in [0.25, 0.3) is 0 Å². The maximum Gasteiger partial charge on any atom is 0.419 e. The van der Waals surface area contributed by atoms with E-state index in [1.54, 1.807) is 4.90 Å². The van der Waals surface area contributed by atoms with Gasteiger partial charge in [-0.2, -0.15) is 0 Å². The van der Waals surface area contributed by atoms with Crippen LogP contribution >= 0.6 is 0 Å². The highest BCUT2D eigenvalue weighted by atomic mass is 16.5. The van der Waals surface area contributed by atoms with E-state index in [2.05, 4.69) is 0 Å². The second-order valence-electron chi connectivity index (χ2n) is 2.93. The SMILES string of the molecule is CN(C)C(O[C]=O)c1ccccc1. The molecule has 0 aliphatic carbocycles. The van der Waals surface area contributed by atoms with Crippen molar-refractivity contribution in [2.24, 2.45) is 0 Å². The van der Waals surface area contributed by atoms with Crippen LogP contribution in [0.4, 0.5) is 0 Å². The zero-order valence-corrected chi connectivity index (χ0v) is 7.73. The van der Waals surface area contributed by atoms with E-state index in [1.807, 2.05) is 44.4 Å². The van der Waals surface area contributed by atoms with Gasteiger partial charge in [-0.3, -0.25) is 4.90 Å². The summed E-state index contributed by atoms with van der Waals surface area (Å²) in [5, 5.41) is 0. The highest BCUT2D eigenvalue weighted by molar-refractivity contribution is 5.39. The second kappa shape index (κ2) is 4.62. The topological polar surface area (TPSA) is 29.5 Å². The van der Waals surface area contributed by atoms with Gasteiger partial charge in [0.2, 0.25) is 0 Å². The molecule has 0 heterocycles. The summed E-state index contributed by atoms with van der Waals surface area (Å²) in [6, 6.07) is 9.53. The summed E-state index contributed by atoms with van der Waals surface area (Å²) >= 11 is 0. The van der Waals surface area contributed by atoms with Crippen molar-refractivity contribution in [1.82, 2.24) is 4.90 Å². The van der Waals surface area contributed by atoms with Crippen molar-refractivity contribution in [1.29, 1.82) is 0 Å². The van der Waals surface area contributed by atoms with E-state index >= 15 is 0 Å². The summed E-state index contributed by atoms with van der Waals surface area (Å²) < 4.78 is 4.81. The number of ether oxygens (including phenoxy) is 1. The van der Waals surface area contributed by atoms with Crippen molar-refractivity contribution >= 4 is 6.47 Å².